The molecule has 0 bridgehead atoms. The van der Waals surface area contributed by atoms with E-state index in [0.717, 1.165) is 12.3 Å². The lowest BCUT2D eigenvalue weighted by Gasteiger charge is -2.13. The molecule has 0 fully saturated rings. The van der Waals surface area contributed by atoms with Crippen LogP contribution in [0.25, 0.3) is 0 Å². The van der Waals surface area contributed by atoms with Crippen LogP contribution in [0.15, 0.2) is 24.4 Å². The fourth-order valence-electron chi connectivity index (χ4n) is 1.97. The van der Waals surface area contributed by atoms with Crippen LogP contribution < -0.4 is 15.4 Å². The summed E-state index contributed by atoms with van der Waals surface area (Å²) < 4.78 is 32.0. The number of ether oxygens (including phenoxy) is 1. The first-order valence-corrected chi connectivity index (χ1v) is 6.97. The van der Waals surface area contributed by atoms with E-state index >= 15 is 0 Å². The third kappa shape index (κ3) is 3.60. The molecule has 1 heterocycles. The largest absolute Gasteiger partial charge is 0.496 e. The van der Waals surface area contributed by atoms with E-state index < -0.39 is 29.0 Å². The third-order valence-corrected chi connectivity index (χ3v) is 3.26. The van der Waals surface area contributed by atoms with Crippen molar-refractivity contribution in [1.82, 2.24) is 10.3 Å². The van der Waals surface area contributed by atoms with Gasteiger partial charge in [0.15, 0.2) is 0 Å². The van der Waals surface area contributed by atoms with E-state index in [-0.39, 0.29) is 22.2 Å². The van der Waals surface area contributed by atoms with Crippen molar-refractivity contribution in [2.45, 2.75) is 0 Å². The zero-order valence-corrected chi connectivity index (χ0v) is 13.4. The summed E-state index contributed by atoms with van der Waals surface area (Å²) in [4.78, 5) is 27.9. The number of amides is 2. The summed E-state index contributed by atoms with van der Waals surface area (Å²) in [6.07, 6.45) is 1.16. The van der Waals surface area contributed by atoms with E-state index in [4.69, 9.17) is 16.3 Å². The topological polar surface area (TPSA) is 80.3 Å². The van der Waals surface area contributed by atoms with Crippen LogP contribution in [0.4, 0.5) is 14.5 Å². The maximum atomic E-state index is 14.0. The average Bonchev–Trinajstić information content (AvgIpc) is 2.53. The Morgan fingerprint density at radius 3 is 2.54 bits per heavy atom. The number of nitrogens with zero attached hydrogens (tertiary/aromatic N) is 1. The Bertz CT molecular complexity index is 815. The van der Waals surface area contributed by atoms with Crippen LogP contribution in [0.2, 0.25) is 5.15 Å². The van der Waals surface area contributed by atoms with Gasteiger partial charge in [-0.1, -0.05) is 11.6 Å². The molecule has 1 aromatic heterocycles. The highest BCUT2D eigenvalue weighted by Crippen LogP contribution is 2.26. The van der Waals surface area contributed by atoms with E-state index in [0.29, 0.717) is 6.07 Å². The number of rotatable bonds is 4. The molecular formula is C15H12ClF2N3O3. The molecule has 2 aromatic rings. The summed E-state index contributed by atoms with van der Waals surface area (Å²) in [6.45, 7) is 0. The first kappa shape index (κ1) is 17.6. The number of pyridine rings is 1. The molecule has 2 rings (SSSR count). The van der Waals surface area contributed by atoms with E-state index in [2.05, 4.69) is 15.6 Å². The number of aromatic nitrogens is 1. The van der Waals surface area contributed by atoms with Gasteiger partial charge in [0.05, 0.1) is 18.4 Å². The molecule has 126 valence electrons. The zero-order valence-electron chi connectivity index (χ0n) is 12.6. The molecule has 0 saturated carbocycles. The molecule has 0 atom stereocenters. The summed E-state index contributed by atoms with van der Waals surface area (Å²) in [5.74, 6) is -3.74. The van der Waals surface area contributed by atoms with Crippen molar-refractivity contribution in [3.8, 4) is 5.75 Å². The van der Waals surface area contributed by atoms with Gasteiger partial charge in [-0.05, 0) is 6.07 Å². The second-order valence-corrected chi connectivity index (χ2v) is 4.94. The quantitative estimate of drug-likeness (QED) is 0.826. The summed E-state index contributed by atoms with van der Waals surface area (Å²) >= 11 is 5.76. The van der Waals surface area contributed by atoms with Gasteiger partial charge in [0, 0.05) is 25.4 Å². The Kier molecular flexibility index (Phi) is 5.30. The minimum Gasteiger partial charge on any atom is -0.496 e. The molecule has 0 aliphatic heterocycles. The summed E-state index contributed by atoms with van der Waals surface area (Å²) in [7, 11) is 2.56. The predicted molar refractivity (Wildman–Crippen MR) is 83.5 cm³/mol. The molecule has 0 radical (unpaired) electrons. The standard InChI is InChI=1S/C15H12ClF2N3O3/c1-19-14(22)8-6-20-12(16)5-10(8)21-15(23)13-9(18)3-7(17)4-11(13)24-2/h3-6H,1-2H3,(H,19,22)(H,20,21,23). The van der Waals surface area contributed by atoms with Gasteiger partial charge in [0.1, 0.15) is 28.1 Å². The van der Waals surface area contributed by atoms with Crippen molar-refractivity contribution in [2.75, 3.05) is 19.5 Å². The normalized spacial score (nSPS) is 10.2. The van der Waals surface area contributed by atoms with Crippen LogP contribution in [0.3, 0.4) is 0 Å². The van der Waals surface area contributed by atoms with E-state index in [1.807, 2.05) is 0 Å². The highest BCUT2D eigenvalue weighted by atomic mass is 35.5. The fourth-order valence-corrected chi connectivity index (χ4v) is 2.12. The number of halogens is 3. The lowest BCUT2D eigenvalue weighted by Crippen LogP contribution is -2.22. The van der Waals surface area contributed by atoms with Crippen LogP contribution in [0.1, 0.15) is 20.7 Å². The molecule has 24 heavy (non-hydrogen) atoms. The minimum atomic E-state index is -1.11. The Morgan fingerprint density at radius 1 is 1.21 bits per heavy atom. The maximum Gasteiger partial charge on any atom is 0.262 e. The molecule has 2 N–H and O–H groups in total. The van der Waals surface area contributed by atoms with Gasteiger partial charge in [-0.15, -0.1) is 0 Å². The molecule has 2 amide bonds. The number of anilines is 1. The maximum absolute atomic E-state index is 14.0. The van der Waals surface area contributed by atoms with Gasteiger partial charge in [0.2, 0.25) is 0 Å². The van der Waals surface area contributed by atoms with Crippen LogP contribution >= 0.6 is 11.6 Å². The van der Waals surface area contributed by atoms with E-state index in [1.165, 1.54) is 20.2 Å². The minimum absolute atomic E-state index is 0.0181. The van der Waals surface area contributed by atoms with E-state index in [9.17, 15) is 18.4 Å². The Hall–Kier alpha value is -2.74. The summed E-state index contributed by atoms with van der Waals surface area (Å²) in [6, 6.07) is 2.66. The first-order chi connectivity index (χ1) is 11.4. The highest BCUT2D eigenvalue weighted by molar-refractivity contribution is 6.30. The fraction of sp³-hybridized carbons (Fsp3) is 0.133. The summed E-state index contributed by atoms with van der Waals surface area (Å²) in [5.41, 5.74) is -0.462. The second kappa shape index (κ2) is 7.22. The Labute approximate surface area is 140 Å². The van der Waals surface area contributed by atoms with Crippen molar-refractivity contribution < 1.29 is 23.1 Å². The van der Waals surface area contributed by atoms with Crippen LogP contribution in [0.5, 0.6) is 5.75 Å². The number of hydrogen-bond donors (Lipinski definition) is 2. The lowest BCUT2D eigenvalue weighted by atomic mass is 10.1. The lowest BCUT2D eigenvalue weighted by molar-refractivity contribution is 0.0963. The number of carbonyl (C=O) groups excluding carboxylic acids is 2. The second-order valence-electron chi connectivity index (χ2n) is 4.55. The van der Waals surface area contributed by atoms with Gasteiger partial charge in [-0.25, -0.2) is 13.8 Å². The van der Waals surface area contributed by atoms with Gasteiger partial charge in [-0.3, -0.25) is 9.59 Å². The Morgan fingerprint density at radius 2 is 1.92 bits per heavy atom. The van der Waals surface area contributed by atoms with Gasteiger partial charge >= 0.3 is 0 Å². The monoisotopic (exact) mass is 355 g/mol. The van der Waals surface area contributed by atoms with E-state index in [1.54, 1.807) is 0 Å². The number of carbonyl (C=O) groups is 2. The van der Waals surface area contributed by atoms with Crippen molar-refractivity contribution in [1.29, 1.82) is 0 Å². The van der Waals surface area contributed by atoms with Crippen molar-refractivity contribution >= 4 is 29.1 Å². The average molecular weight is 356 g/mol. The molecule has 0 unspecified atom stereocenters. The van der Waals surface area contributed by atoms with Crippen LogP contribution in [-0.4, -0.2) is 31.0 Å². The molecule has 9 heteroatoms. The zero-order chi connectivity index (χ0) is 17.9. The number of nitrogens with one attached hydrogen (secondary N) is 2. The molecule has 0 saturated heterocycles. The van der Waals surface area contributed by atoms with Gasteiger partial charge in [0.25, 0.3) is 11.8 Å². The summed E-state index contributed by atoms with van der Waals surface area (Å²) in [5, 5.41) is 4.74. The smallest absolute Gasteiger partial charge is 0.262 e. The van der Waals surface area contributed by atoms with Crippen molar-refractivity contribution in [3.63, 3.8) is 0 Å². The number of methoxy groups -OCH3 is 1. The molecule has 6 nitrogen and oxygen atoms in total. The molecule has 0 spiro atoms. The molecular weight excluding hydrogens is 344 g/mol. The SMILES string of the molecule is CNC(=O)c1cnc(Cl)cc1NC(=O)c1c(F)cc(F)cc1OC. The van der Waals surface area contributed by atoms with Crippen LogP contribution in [-0.2, 0) is 0 Å². The van der Waals surface area contributed by atoms with Gasteiger partial charge < -0.3 is 15.4 Å². The van der Waals surface area contributed by atoms with Crippen molar-refractivity contribution in [2.24, 2.45) is 0 Å². The predicted octanol–water partition coefficient (Wildman–Crippen LogP) is 2.63. The molecule has 1 aromatic carbocycles. The Balaban J connectivity index is 2.44. The number of benzene rings is 1. The first-order valence-electron chi connectivity index (χ1n) is 6.59. The number of hydrogen-bond acceptors (Lipinski definition) is 4. The third-order valence-electron chi connectivity index (χ3n) is 3.06. The highest BCUT2D eigenvalue weighted by Gasteiger charge is 2.22. The van der Waals surface area contributed by atoms with Crippen molar-refractivity contribution in [3.05, 3.63) is 52.3 Å². The molecule has 0 aliphatic carbocycles. The molecule has 0 aliphatic rings. The van der Waals surface area contributed by atoms with Crippen LogP contribution in [0, 0.1) is 11.6 Å². The van der Waals surface area contributed by atoms with Gasteiger partial charge in [-0.2, -0.15) is 0 Å².